The van der Waals surface area contributed by atoms with Crippen molar-refractivity contribution in [3.05, 3.63) is 41.7 Å². The number of hydrogen-bond acceptors (Lipinski definition) is 6. The van der Waals surface area contributed by atoms with Gasteiger partial charge in [-0.05, 0) is 31.8 Å². The van der Waals surface area contributed by atoms with E-state index < -0.39 is 0 Å². The first-order valence-electron chi connectivity index (χ1n) is 7.94. The lowest BCUT2D eigenvalue weighted by atomic mass is 10.1. The number of nitrogens with zero attached hydrogens (tertiary/aromatic N) is 6. The largest absolute Gasteiger partial charge is 0.495 e. The number of likely N-dealkylation sites (tertiary alicyclic amines) is 1. The van der Waals surface area contributed by atoms with Gasteiger partial charge in [-0.15, -0.1) is 5.10 Å². The first kappa shape index (κ1) is 16.4. The summed E-state index contributed by atoms with van der Waals surface area (Å²) in [6.45, 7) is 2.65. The standard InChI is InChI=1S/C17H22N6O/c1-21(2)15-11-22(12-16(15)23-7-6-19-20-23)10-13-4-5-17(24-3)14(8-13)9-18/h4-8,15-16H,10-12H2,1-3H3/t15-,16+/m1/s1. The summed E-state index contributed by atoms with van der Waals surface area (Å²) in [5.74, 6) is 0.620. The van der Waals surface area contributed by atoms with Gasteiger partial charge in [0.15, 0.2) is 0 Å². The molecule has 1 saturated heterocycles. The predicted octanol–water partition coefficient (Wildman–Crippen LogP) is 1.15. The molecule has 0 radical (unpaired) electrons. The molecule has 1 aliphatic rings. The van der Waals surface area contributed by atoms with E-state index in [1.165, 1.54) is 0 Å². The van der Waals surface area contributed by atoms with Gasteiger partial charge in [-0.1, -0.05) is 11.3 Å². The zero-order valence-electron chi connectivity index (χ0n) is 14.3. The van der Waals surface area contributed by atoms with Gasteiger partial charge < -0.3 is 9.64 Å². The Bertz CT molecular complexity index is 721. The number of ether oxygens (including phenoxy) is 1. The molecule has 1 aliphatic heterocycles. The molecule has 1 aromatic carbocycles. The first-order valence-corrected chi connectivity index (χ1v) is 7.94. The highest BCUT2D eigenvalue weighted by molar-refractivity contribution is 5.45. The topological polar surface area (TPSA) is 70.2 Å². The lowest BCUT2D eigenvalue weighted by Crippen LogP contribution is -2.36. The number of benzene rings is 1. The van der Waals surface area contributed by atoms with Gasteiger partial charge in [0.25, 0.3) is 0 Å². The van der Waals surface area contributed by atoms with Gasteiger partial charge in [-0.2, -0.15) is 5.26 Å². The second-order valence-electron chi connectivity index (χ2n) is 6.32. The molecule has 0 bridgehead atoms. The van der Waals surface area contributed by atoms with Gasteiger partial charge >= 0.3 is 0 Å². The molecule has 24 heavy (non-hydrogen) atoms. The fourth-order valence-electron chi connectivity index (χ4n) is 3.34. The minimum absolute atomic E-state index is 0.274. The third-order valence-corrected chi connectivity index (χ3v) is 4.57. The highest BCUT2D eigenvalue weighted by atomic mass is 16.5. The Morgan fingerprint density at radius 2 is 2.21 bits per heavy atom. The fourth-order valence-corrected chi connectivity index (χ4v) is 3.34. The van der Waals surface area contributed by atoms with Crippen molar-refractivity contribution >= 4 is 0 Å². The SMILES string of the molecule is COc1ccc(CN2C[C@@H](N(C)C)[C@@H](n3ccnn3)C2)cc1C#N. The van der Waals surface area contributed by atoms with Crippen LogP contribution in [0, 0.1) is 11.3 Å². The van der Waals surface area contributed by atoms with Crippen LogP contribution in [0.3, 0.4) is 0 Å². The second kappa shape index (κ2) is 6.99. The van der Waals surface area contributed by atoms with E-state index in [1.54, 1.807) is 13.3 Å². The van der Waals surface area contributed by atoms with Crippen molar-refractivity contribution in [2.45, 2.75) is 18.6 Å². The van der Waals surface area contributed by atoms with Crippen LogP contribution >= 0.6 is 0 Å². The van der Waals surface area contributed by atoms with E-state index in [2.05, 4.69) is 40.3 Å². The molecule has 0 N–H and O–H groups in total. The predicted molar refractivity (Wildman–Crippen MR) is 89.5 cm³/mol. The Hall–Kier alpha value is -2.43. The number of hydrogen-bond donors (Lipinski definition) is 0. The van der Waals surface area contributed by atoms with Gasteiger partial charge in [0, 0.05) is 31.9 Å². The van der Waals surface area contributed by atoms with Crippen molar-refractivity contribution in [3.8, 4) is 11.8 Å². The maximum atomic E-state index is 9.25. The molecular weight excluding hydrogens is 304 g/mol. The summed E-state index contributed by atoms with van der Waals surface area (Å²) in [7, 11) is 5.78. The monoisotopic (exact) mass is 326 g/mol. The molecule has 1 aromatic heterocycles. The molecule has 0 unspecified atom stereocenters. The van der Waals surface area contributed by atoms with E-state index >= 15 is 0 Å². The quantitative estimate of drug-likeness (QED) is 0.821. The number of methoxy groups -OCH3 is 1. The molecule has 3 rings (SSSR count). The molecule has 2 atom stereocenters. The average Bonchev–Trinajstić information content (AvgIpc) is 3.23. The third-order valence-electron chi connectivity index (χ3n) is 4.57. The summed E-state index contributed by atoms with van der Waals surface area (Å²) in [6.07, 6.45) is 3.64. The Kier molecular flexibility index (Phi) is 4.79. The van der Waals surface area contributed by atoms with Crippen LogP contribution in [0.5, 0.6) is 5.75 Å². The van der Waals surface area contributed by atoms with Crippen LogP contribution in [0.25, 0.3) is 0 Å². The van der Waals surface area contributed by atoms with E-state index in [-0.39, 0.29) is 6.04 Å². The Morgan fingerprint density at radius 1 is 1.38 bits per heavy atom. The van der Waals surface area contributed by atoms with Crippen LogP contribution in [0.4, 0.5) is 0 Å². The molecule has 0 saturated carbocycles. The van der Waals surface area contributed by atoms with Gasteiger partial charge in [-0.3, -0.25) is 4.90 Å². The minimum atomic E-state index is 0.274. The maximum Gasteiger partial charge on any atom is 0.136 e. The van der Waals surface area contributed by atoms with Gasteiger partial charge in [0.1, 0.15) is 11.8 Å². The Balaban J connectivity index is 1.76. The summed E-state index contributed by atoms with van der Waals surface area (Å²) in [5, 5.41) is 17.4. The van der Waals surface area contributed by atoms with Crippen molar-refractivity contribution in [1.29, 1.82) is 5.26 Å². The number of nitriles is 1. The smallest absolute Gasteiger partial charge is 0.136 e. The lowest BCUT2D eigenvalue weighted by molar-refractivity contribution is 0.237. The number of rotatable bonds is 5. The third kappa shape index (κ3) is 3.25. The maximum absolute atomic E-state index is 9.25. The van der Waals surface area contributed by atoms with E-state index in [0.29, 0.717) is 17.4 Å². The van der Waals surface area contributed by atoms with E-state index in [0.717, 1.165) is 25.2 Å². The van der Waals surface area contributed by atoms with Crippen molar-refractivity contribution in [2.75, 3.05) is 34.3 Å². The summed E-state index contributed by atoms with van der Waals surface area (Å²) >= 11 is 0. The number of aromatic nitrogens is 3. The Morgan fingerprint density at radius 3 is 2.83 bits per heavy atom. The highest BCUT2D eigenvalue weighted by Gasteiger charge is 2.35. The first-order chi connectivity index (χ1) is 11.6. The van der Waals surface area contributed by atoms with Crippen LogP contribution in [-0.2, 0) is 6.54 Å². The van der Waals surface area contributed by atoms with Crippen molar-refractivity contribution in [3.63, 3.8) is 0 Å². The minimum Gasteiger partial charge on any atom is -0.495 e. The molecule has 7 nitrogen and oxygen atoms in total. The molecule has 126 valence electrons. The highest BCUT2D eigenvalue weighted by Crippen LogP contribution is 2.27. The summed E-state index contributed by atoms with van der Waals surface area (Å²) in [6, 6.07) is 8.64. The average molecular weight is 326 g/mol. The van der Waals surface area contributed by atoms with Crippen molar-refractivity contribution < 1.29 is 4.74 Å². The molecule has 0 aliphatic carbocycles. The van der Waals surface area contributed by atoms with Crippen LogP contribution < -0.4 is 4.74 Å². The zero-order valence-corrected chi connectivity index (χ0v) is 14.3. The molecule has 0 amide bonds. The van der Waals surface area contributed by atoms with E-state index in [9.17, 15) is 5.26 Å². The van der Waals surface area contributed by atoms with E-state index in [1.807, 2.05) is 29.1 Å². The second-order valence-corrected chi connectivity index (χ2v) is 6.32. The van der Waals surface area contributed by atoms with Gasteiger partial charge in [-0.25, -0.2) is 4.68 Å². The van der Waals surface area contributed by atoms with Crippen molar-refractivity contribution in [2.24, 2.45) is 0 Å². The summed E-state index contributed by atoms with van der Waals surface area (Å²) in [5.41, 5.74) is 1.69. The van der Waals surface area contributed by atoms with Crippen molar-refractivity contribution in [1.82, 2.24) is 24.8 Å². The molecule has 2 heterocycles. The normalized spacial score (nSPS) is 21.1. The fraction of sp³-hybridized carbons (Fsp3) is 0.471. The lowest BCUT2D eigenvalue weighted by Gasteiger charge is -2.24. The number of likely N-dealkylation sites (N-methyl/N-ethyl adjacent to an activating group) is 1. The zero-order chi connectivity index (χ0) is 17.1. The van der Waals surface area contributed by atoms with Gasteiger partial charge in [0.2, 0.25) is 0 Å². The molecule has 0 spiro atoms. The molecule has 7 heteroatoms. The molecular formula is C17H22N6O. The van der Waals surface area contributed by atoms with Gasteiger partial charge in [0.05, 0.1) is 24.9 Å². The van der Waals surface area contributed by atoms with Crippen LogP contribution in [0.1, 0.15) is 17.2 Å². The molecule has 2 aromatic rings. The summed E-state index contributed by atoms with van der Waals surface area (Å²) < 4.78 is 7.16. The van der Waals surface area contributed by atoms with Crippen LogP contribution in [0.15, 0.2) is 30.6 Å². The van der Waals surface area contributed by atoms with Crippen LogP contribution in [-0.4, -0.2) is 65.1 Å². The van der Waals surface area contributed by atoms with Crippen LogP contribution in [0.2, 0.25) is 0 Å². The molecule has 1 fully saturated rings. The van der Waals surface area contributed by atoms with E-state index in [4.69, 9.17) is 4.74 Å². The summed E-state index contributed by atoms with van der Waals surface area (Å²) in [4.78, 5) is 4.63. The Labute approximate surface area is 142 Å².